The van der Waals surface area contributed by atoms with Crippen molar-refractivity contribution in [3.63, 3.8) is 0 Å². The molecule has 1 aliphatic heterocycles. The highest BCUT2D eigenvalue weighted by Gasteiger charge is 2.37. The SMILES string of the molecule is COc1ccc(N(C)C(=O)[C@H](Cc2cc(F)cc(F)c2)NC(=O)NS(=O)(=O)N2C=CC[C@@H]2C(=O)N(C)C)cc1. The van der Waals surface area contributed by atoms with Crippen molar-refractivity contribution in [2.24, 2.45) is 0 Å². The second kappa shape index (κ2) is 12.1. The molecule has 11 nitrogen and oxygen atoms in total. The molecular formula is C25H29F2N5O6S. The molecule has 0 unspecified atom stereocenters. The zero-order valence-corrected chi connectivity index (χ0v) is 22.5. The van der Waals surface area contributed by atoms with E-state index >= 15 is 0 Å². The van der Waals surface area contributed by atoms with Crippen molar-refractivity contribution in [1.82, 2.24) is 19.2 Å². The fraction of sp³-hybridized carbons (Fsp3) is 0.320. The van der Waals surface area contributed by atoms with E-state index in [0.29, 0.717) is 17.5 Å². The van der Waals surface area contributed by atoms with E-state index in [1.165, 1.54) is 44.1 Å². The minimum absolute atomic E-state index is 0.0521. The van der Waals surface area contributed by atoms with Crippen molar-refractivity contribution in [2.45, 2.75) is 24.9 Å². The molecule has 2 aromatic carbocycles. The minimum atomic E-state index is -4.55. The van der Waals surface area contributed by atoms with E-state index in [0.717, 1.165) is 22.6 Å². The molecule has 0 saturated heterocycles. The van der Waals surface area contributed by atoms with Crippen molar-refractivity contribution >= 4 is 33.7 Å². The molecule has 3 rings (SSSR count). The highest BCUT2D eigenvalue weighted by atomic mass is 32.2. The van der Waals surface area contributed by atoms with Crippen LogP contribution in [0, 0.1) is 11.6 Å². The Morgan fingerprint density at radius 2 is 1.69 bits per heavy atom. The molecule has 0 bridgehead atoms. The van der Waals surface area contributed by atoms with Gasteiger partial charge in [-0.2, -0.15) is 8.42 Å². The van der Waals surface area contributed by atoms with Gasteiger partial charge in [0.05, 0.1) is 7.11 Å². The van der Waals surface area contributed by atoms with Crippen LogP contribution < -0.4 is 19.7 Å². The van der Waals surface area contributed by atoms with Crippen molar-refractivity contribution in [3.8, 4) is 5.75 Å². The maximum atomic E-state index is 13.8. The Kier molecular flexibility index (Phi) is 9.11. The first-order chi connectivity index (χ1) is 18.3. The van der Waals surface area contributed by atoms with Gasteiger partial charge in [0.2, 0.25) is 11.8 Å². The van der Waals surface area contributed by atoms with Crippen LogP contribution in [0.2, 0.25) is 0 Å². The lowest BCUT2D eigenvalue weighted by Gasteiger charge is -2.28. The average Bonchev–Trinajstić information content (AvgIpc) is 3.37. The molecule has 210 valence electrons. The number of hydrogen-bond acceptors (Lipinski definition) is 6. The largest absolute Gasteiger partial charge is 0.497 e. The van der Waals surface area contributed by atoms with E-state index in [4.69, 9.17) is 4.74 Å². The topological polar surface area (TPSA) is 128 Å². The van der Waals surface area contributed by atoms with Gasteiger partial charge in [0.15, 0.2) is 0 Å². The summed E-state index contributed by atoms with van der Waals surface area (Å²) in [7, 11) is 1.29. The van der Waals surface area contributed by atoms with Crippen LogP contribution in [0.4, 0.5) is 19.3 Å². The fourth-order valence-corrected chi connectivity index (χ4v) is 5.10. The number of rotatable bonds is 9. The van der Waals surface area contributed by atoms with Crippen LogP contribution in [0.1, 0.15) is 12.0 Å². The van der Waals surface area contributed by atoms with E-state index < -0.39 is 51.8 Å². The third-order valence-corrected chi connectivity index (χ3v) is 7.27. The summed E-state index contributed by atoms with van der Waals surface area (Å²) < 4.78 is 61.1. The number of benzene rings is 2. The Morgan fingerprint density at radius 1 is 1.08 bits per heavy atom. The summed E-state index contributed by atoms with van der Waals surface area (Å²) >= 11 is 0. The predicted molar refractivity (Wildman–Crippen MR) is 139 cm³/mol. The van der Waals surface area contributed by atoms with E-state index in [9.17, 15) is 31.6 Å². The first kappa shape index (κ1) is 29.4. The number of amides is 4. The molecule has 0 aliphatic carbocycles. The van der Waals surface area contributed by atoms with Crippen LogP contribution in [0.5, 0.6) is 5.75 Å². The van der Waals surface area contributed by atoms with Gasteiger partial charge in [-0.3, -0.25) is 9.59 Å². The maximum Gasteiger partial charge on any atom is 0.330 e. The Hall–Kier alpha value is -4.20. The maximum absolute atomic E-state index is 13.8. The zero-order valence-electron chi connectivity index (χ0n) is 21.7. The highest BCUT2D eigenvalue weighted by Crippen LogP contribution is 2.21. The number of methoxy groups -OCH3 is 1. The third-order valence-electron chi connectivity index (χ3n) is 5.90. The highest BCUT2D eigenvalue weighted by molar-refractivity contribution is 7.87. The lowest BCUT2D eigenvalue weighted by molar-refractivity contribution is -0.131. The summed E-state index contributed by atoms with van der Waals surface area (Å²) in [6.07, 6.45) is 2.39. The third kappa shape index (κ3) is 7.22. The molecule has 1 heterocycles. The van der Waals surface area contributed by atoms with Crippen molar-refractivity contribution in [2.75, 3.05) is 33.2 Å². The minimum Gasteiger partial charge on any atom is -0.497 e. The number of anilines is 1. The second-order valence-corrected chi connectivity index (χ2v) is 10.5. The summed E-state index contributed by atoms with van der Waals surface area (Å²) in [5.41, 5.74) is 0.467. The van der Waals surface area contributed by atoms with Crippen LogP contribution in [-0.2, 0) is 26.2 Å². The number of nitrogens with zero attached hydrogens (tertiary/aromatic N) is 3. The van der Waals surface area contributed by atoms with Gasteiger partial charge in [-0.25, -0.2) is 22.6 Å². The quantitative estimate of drug-likeness (QED) is 0.477. The predicted octanol–water partition coefficient (Wildman–Crippen LogP) is 1.77. The van der Waals surface area contributed by atoms with Crippen LogP contribution in [0.25, 0.3) is 0 Å². The van der Waals surface area contributed by atoms with E-state index in [2.05, 4.69) is 5.32 Å². The monoisotopic (exact) mass is 565 g/mol. The summed E-state index contributed by atoms with van der Waals surface area (Å²) in [6, 6.07) is 5.26. The Bertz CT molecular complexity index is 1350. The van der Waals surface area contributed by atoms with Gasteiger partial charge in [0.25, 0.3) is 0 Å². The van der Waals surface area contributed by atoms with Gasteiger partial charge in [-0.1, -0.05) is 6.08 Å². The number of urea groups is 1. The van der Waals surface area contributed by atoms with Gasteiger partial charge in [-0.15, -0.1) is 0 Å². The van der Waals surface area contributed by atoms with E-state index in [1.54, 1.807) is 29.0 Å². The lowest BCUT2D eigenvalue weighted by atomic mass is 10.0. The summed E-state index contributed by atoms with van der Waals surface area (Å²) in [5, 5.41) is 2.29. The number of carbonyl (C=O) groups is 3. The number of hydrogen-bond donors (Lipinski definition) is 2. The summed E-state index contributed by atoms with van der Waals surface area (Å²) in [4.78, 5) is 41.0. The van der Waals surface area contributed by atoms with Gasteiger partial charge in [0.1, 0.15) is 29.5 Å². The molecule has 4 amide bonds. The van der Waals surface area contributed by atoms with Crippen LogP contribution >= 0.6 is 0 Å². The molecule has 0 aromatic heterocycles. The first-order valence-electron chi connectivity index (χ1n) is 11.7. The Labute approximate surface area is 225 Å². The van der Waals surface area contributed by atoms with Gasteiger partial charge < -0.3 is 19.9 Å². The van der Waals surface area contributed by atoms with Crippen molar-refractivity contribution in [3.05, 3.63) is 71.9 Å². The van der Waals surface area contributed by atoms with Crippen LogP contribution in [0.15, 0.2) is 54.7 Å². The molecular weight excluding hydrogens is 536 g/mol. The molecule has 1 aliphatic rings. The second-order valence-electron chi connectivity index (χ2n) is 8.91. The standard InChI is InChI=1S/C25H29F2N5O6S/c1-30(2)24(34)22-6-5-11-32(22)39(36,37)29-25(35)28-21(14-16-12-17(26)15-18(27)13-16)23(33)31(3)19-7-9-20(38-4)10-8-19/h5,7-13,15,21-22H,6,14H2,1-4H3,(H2,28,29,35)/t21-,22+/m0/s1. The van der Waals surface area contributed by atoms with E-state index in [1.807, 2.05) is 0 Å². The Morgan fingerprint density at radius 3 is 2.26 bits per heavy atom. The smallest absolute Gasteiger partial charge is 0.330 e. The molecule has 2 N–H and O–H groups in total. The van der Waals surface area contributed by atoms with Crippen LogP contribution in [0.3, 0.4) is 0 Å². The van der Waals surface area contributed by atoms with Gasteiger partial charge in [-0.05, 0) is 48.4 Å². The molecule has 0 radical (unpaired) electrons. The van der Waals surface area contributed by atoms with Gasteiger partial charge >= 0.3 is 16.2 Å². The Balaban J connectivity index is 1.83. The molecule has 14 heteroatoms. The molecule has 0 saturated carbocycles. The zero-order chi connectivity index (χ0) is 28.9. The number of carbonyl (C=O) groups excluding carboxylic acids is 3. The number of likely N-dealkylation sites (N-methyl/N-ethyl adjacent to an activating group) is 2. The number of halogens is 2. The fourth-order valence-electron chi connectivity index (χ4n) is 3.95. The molecule has 2 aromatic rings. The normalized spacial score (nSPS) is 15.4. The first-order valence-corrected chi connectivity index (χ1v) is 13.1. The van der Waals surface area contributed by atoms with Crippen molar-refractivity contribution < 1.29 is 36.3 Å². The average molecular weight is 566 g/mol. The number of nitrogens with one attached hydrogen (secondary N) is 2. The van der Waals surface area contributed by atoms with Crippen LogP contribution in [-0.4, -0.2) is 75.8 Å². The molecule has 39 heavy (non-hydrogen) atoms. The summed E-state index contributed by atoms with van der Waals surface area (Å²) in [5.74, 6) is -2.42. The van der Waals surface area contributed by atoms with Crippen molar-refractivity contribution in [1.29, 1.82) is 0 Å². The lowest BCUT2D eigenvalue weighted by Crippen LogP contribution is -2.55. The van der Waals surface area contributed by atoms with Gasteiger partial charge in [0, 0.05) is 45.5 Å². The molecule has 0 spiro atoms. The molecule has 0 fully saturated rings. The van der Waals surface area contributed by atoms with E-state index in [-0.39, 0.29) is 18.4 Å². The molecule has 2 atom stereocenters. The summed E-state index contributed by atoms with van der Waals surface area (Å²) in [6.45, 7) is 0. The number of ether oxygens (including phenoxy) is 1.